The lowest BCUT2D eigenvalue weighted by molar-refractivity contribution is -0.114. The minimum absolute atomic E-state index is 0.141. The number of rotatable bonds is 4. The molecule has 0 saturated heterocycles. The van der Waals surface area contributed by atoms with Gasteiger partial charge in [0.05, 0.1) is 5.69 Å². The number of carbonyl (C=O) groups is 2. The summed E-state index contributed by atoms with van der Waals surface area (Å²) in [5, 5.41) is 2.66. The molecule has 0 bridgehead atoms. The molecule has 0 heterocycles. The zero-order chi connectivity index (χ0) is 14.4. The smallest absolute Gasteiger partial charge is 0.221 e. The Kier molecular flexibility index (Phi) is 4.45. The first-order chi connectivity index (χ1) is 9.66. The van der Waals surface area contributed by atoms with Gasteiger partial charge in [0.15, 0.2) is 5.78 Å². The third-order valence-electron chi connectivity index (χ3n) is 2.73. The van der Waals surface area contributed by atoms with E-state index in [0.29, 0.717) is 11.3 Å². The van der Waals surface area contributed by atoms with Crippen molar-refractivity contribution in [3.05, 3.63) is 71.8 Å². The van der Waals surface area contributed by atoms with Crippen molar-refractivity contribution >= 4 is 23.5 Å². The lowest BCUT2D eigenvalue weighted by Crippen LogP contribution is -2.09. The molecule has 0 aromatic heterocycles. The van der Waals surface area contributed by atoms with Crippen LogP contribution in [0.3, 0.4) is 0 Å². The van der Waals surface area contributed by atoms with Crippen molar-refractivity contribution < 1.29 is 9.59 Å². The van der Waals surface area contributed by atoms with Gasteiger partial charge in [-0.25, -0.2) is 0 Å². The van der Waals surface area contributed by atoms with Crippen LogP contribution in [0.4, 0.5) is 5.69 Å². The average molecular weight is 265 g/mol. The van der Waals surface area contributed by atoms with E-state index in [4.69, 9.17) is 0 Å². The van der Waals surface area contributed by atoms with Crippen molar-refractivity contribution in [1.29, 1.82) is 0 Å². The van der Waals surface area contributed by atoms with E-state index in [-0.39, 0.29) is 11.7 Å². The monoisotopic (exact) mass is 265 g/mol. The molecule has 0 saturated carbocycles. The molecule has 20 heavy (non-hydrogen) atoms. The highest BCUT2D eigenvalue weighted by Gasteiger charge is 2.08. The van der Waals surface area contributed by atoms with E-state index < -0.39 is 0 Å². The predicted octanol–water partition coefficient (Wildman–Crippen LogP) is 3.54. The van der Waals surface area contributed by atoms with Crippen LogP contribution in [-0.2, 0) is 4.79 Å². The van der Waals surface area contributed by atoms with Gasteiger partial charge in [0.2, 0.25) is 5.91 Å². The number of hydrogen-bond acceptors (Lipinski definition) is 2. The second kappa shape index (κ2) is 6.48. The summed E-state index contributed by atoms with van der Waals surface area (Å²) < 4.78 is 0. The highest BCUT2D eigenvalue weighted by atomic mass is 16.1. The fourth-order valence-corrected chi connectivity index (χ4v) is 1.82. The van der Waals surface area contributed by atoms with Gasteiger partial charge in [-0.05, 0) is 23.8 Å². The van der Waals surface area contributed by atoms with Crippen LogP contribution in [-0.4, -0.2) is 11.7 Å². The minimum atomic E-state index is -0.197. The van der Waals surface area contributed by atoms with Crippen LogP contribution in [0.25, 0.3) is 6.08 Å². The molecular formula is C17H15NO2. The number of amides is 1. The first kappa shape index (κ1) is 13.7. The summed E-state index contributed by atoms with van der Waals surface area (Å²) >= 11 is 0. The summed E-state index contributed by atoms with van der Waals surface area (Å²) in [4.78, 5) is 23.3. The van der Waals surface area contributed by atoms with Gasteiger partial charge in [0.1, 0.15) is 0 Å². The zero-order valence-corrected chi connectivity index (χ0v) is 11.2. The molecule has 0 fully saturated rings. The Hall–Kier alpha value is -2.68. The quantitative estimate of drug-likeness (QED) is 0.679. The number of benzene rings is 2. The second-order valence-corrected chi connectivity index (χ2v) is 4.34. The Bertz CT molecular complexity index is 645. The summed E-state index contributed by atoms with van der Waals surface area (Å²) in [6.45, 7) is 1.42. The van der Waals surface area contributed by atoms with Gasteiger partial charge < -0.3 is 5.32 Å². The van der Waals surface area contributed by atoms with E-state index in [9.17, 15) is 9.59 Å². The summed E-state index contributed by atoms with van der Waals surface area (Å²) in [5.74, 6) is -0.338. The summed E-state index contributed by atoms with van der Waals surface area (Å²) in [6, 6.07) is 16.6. The molecular weight excluding hydrogens is 250 g/mol. The number of ketones is 1. The topological polar surface area (TPSA) is 46.2 Å². The van der Waals surface area contributed by atoms with Crippen molar-refractivity contribution in [2.24, 2.45) is 0 Å². The zero-order valence-electron chi connectivity index (χ0n) is 11.2. The first-order valence-corrected chi connectivity index (χ1v) is 6.31. The molecule has 0 aliphatic carbocycles. The second-order valence-electron chi connectivity index (χ2n) is 4.34. The van der Waals surface area contributed by atoms with E-state index in [1.807, 2.05) is 30.3 Å². The van der Waals surface area contributed by atoms with E-state index in [1.165, 1.54) is 13.0 Å². The number of hydrogen-bond donors (Lipinski definition) is 1. The van der Waals surface area contributed by atoms with Crippen LogP contribution in [0, 0.1) is 0 Å². The van der Waals surface area contributed by atoms with Crippen molar-refractivity contribution in [3.8, 4) is 0 Å². The highest BCUT2D eigenvalue weighted by Crippen LogP contribution is 2.16. The van der Waals surface area contributed by atoms with E-state index >= 15 is 0 Å². The molecule has 0 spiro atoms. The Labute approximate surface area is 117 Å². The maximum Gasteiger partial charge on any atom is 0.221 e. The maximum atomic E-state index is 12.2. The van der Waals surface area contributed by atoms with Crippen LogP contribution in [0.2, 0.25) is 0 Å². The van der Waals surface area contributed by atoms with Gasteiger partial charge in [-0.1, -0.05) is 48.5 Å². The van der Waals surface area contributed by atoms with Crippen LogP contribution in [0.5, 0.6) is 0 Å². The molecule has 2 aromatic rings. The number of para-hydroxylation sites is 1. The van der Waals surface area contributed by atoms with Crippen LogP contribution >= 0.6 is 0 Å². The van der Waals surface area contributed by atoms with Gasteiger partial charge in [-0.2, -0.15) is 0 Å². The third-order valence-corrected chi connectivity index (χ3v) is 2.73. The Morgan fingerprint density at radius 1 is 0.950 bits per heavy atom. The number of allylic oxidation sites excluding steroid dienone is 1. The molecule has 3 heteroatoms. The molecule has 0 aliphatic rings. The van der Waals surface area contributed by atoms with E-state index in [2.05, 4.69) is 5.32 Å². The molecule has 1 amide bonds. The standard InChI is InChI=1S/C17H15NO2/c1-13(19)18-16-10-6-5-9-15(16)17(20)12-11-14-7-3-2-4-8-14/h2-12H,1H3,(H,18,19). The van der Waals surface area contributed by atoms with Gasteiger partial charge in [0, 0.05) is 12.5 Å². The highest BCUT2D eigenvalue weighted by molar-refractivity contribution is 6.11. The number of carbonyl (C=O) groups excluding carboxylic acids is 2. The number of nitrogens with one attached hydrogen (secondary N) is 1. The predicted molar refractivity (Wildman–Crippen MR) is 80.6 cm³/mol. The number of anilines is 1. The molecule has 2 aromatic carbocycles. The van der Waals surface area contributed by atoms with Gasteiger partial charge >= 0.3 is 0 Å². The molecule has 2 rings (SSSR count). The molecule has 3 nitrogen and oxygen atoms in total. The van der Waals surface area contributed by atoms with Crippen molar-refractivity contribution in [3.63, 3.8) is 0 Å². The largest absolute Gasteiger partial charge is 0.326 e. The molecule has 0 unspecified atom stereocenters. The maximum absolute atomic E-state index is 12.2. The Balaban J connectivity index is 2.21. The summed E-state index contributed by atoms with van der Waals surface area (Å²) in [5.41, 5.74) is 1.97. The SMILES string of the molecule is CC(=O)Nc1ccccc1C(=O)C=Cc1ccccc1. The lowest BCUT2D eigenvalue weighted by atomic mass is 10.1. The van der Waals surface area contributed by atoms with Crippen LogP contribution in [0.1, 0.15) is 22.8 Å². The van der Waals surface area contributed by atoms with Crippen molar-refractivity contribution in [2.45, 2.75) is 6.92 Å². The lowest BCUT2D eigenvalue weighted by Gasteiger charge is -2.06. The van der Waals surface area contributed by atoms with Crippen LogP contribution < -0.4 is 5.32 Å². The fourth-order valence-electron chi connectivity index (χ4n) is 1.82. The summed E-state index contributed by atoms with van der Waals surface area (Å²) in [7, 11) is 0. The van der Waals surface area contributed by atoms with Crippen LogP contribution in [0.15, 0.2) is 60.7 Å². The Morgan fingerprint density at radius 2 is 1.60 bits per heavy atom. The Morgan fingerprint density at radius 3 is 2.30 bits per heavy atom. The van der Waals surface area contributed by atoms with Gasteiger partial charge in [0.25, 0.3) is 0 Å². The molecule has 100 valence electrons. The molecule has 0 atom stereocenters. The minimum Gasteiger partial charge on any atom is -0.326 e. The van der Waals surface area contributed by atoms with Gasteiger partial charge in [-0.15, -0.1) is 0 Å². The normalized spacial score (nSPS) is 10.4. The van der Waals surface area contributed by atoms with Crippen molar-refractivity contribution in [2.75, 3.05) is 5.32 Å². The third kappa shape index (κ3) is 3.65. The molecule has 0 aliphatic heterocycles. The van der Waals surface area contributed by atoms with E-state index in [1.54, 1.807) is 30.3 Å². The fraction of sp³-hybridized carbons (Fsp3) is 0.0588. The average Bonchev–Trinajstić information content (AvgIpc) is 2.46. The first-order valence-electron chi connectivity index (χ1n) is 6.31. The van der Waals surface area contributed by atoms with Gasteiger partial charge in [-0.3, -0.25) is 9.59 Å². The van der Waals surface area contributed by atoms with Crippen molar-refractivity contribution in [1.82, 2.24) is 0 Å². The summed E-state index contributed by atoms with van der Waals surface area (Å²) in [6.07, 6.45) is 3.27. The van der Waals surface area contributed by atoms with E-state index in [0.717, 1.165) is 5.56 Å². The molecule has 1 N–H and O–H groups in total. The molecule has 0 radical (unpaired) electrons.